The van der Waals surface area contributed by atoms with Crippen LogP contribution < -0.4 is 0 Å². The molecular formula is C16H18N2O3. The number of hydrogen-bond donors (Lipinski definition) is 1. The number of nitriles is 1. The Kier molecular flexibility index (Phi) is 5.25. The van der Waals surface area contributed by atoms with Crippen LogP contribution in [0.3, 0.4) is 0 Å². The number of carbonyl (C=O) groups excluding carboxylic acids is 1. The standard InChI is InChI=1S/C16H18N2O3/c1-4-18(16(2,3)15(20)21)14(19)10-9-12-5-7-13(11-17)8-6-12/h5-10H,4H2,1-3H3,(H,20,21). The zero-order chi connectivity index (χ0) is 16.0. The van der Waals surface area contributed by atoms with Crippen molar-refractivity contribution in [2.75, 3.05) is 6.54 Å². The van der Waals surface area contributed by atoms with Gasteiger partial charge in [-0.1, -0.05) is 12.1 Å². The number of carboxylic acid groups (broad SMARTS) is 1. The van der Waals surface area contributed by atoms with Gasteiger partial charge in [-0.2, -0.15) is 5.26 Å². The van der Waals surface area contributed by atoms with Crippen molar-refractivity contribution in [1.29, 1.82) is 5.26 Å². The quantitative estimate of drug-likeness (QED) is 0.842. The Labute approximate surface area is 124 Å². The van der Waals surface area contributed by atoms with Crippen molar-refractivity contribution >= 4 is 18.0 Å². The molecule has 1 aromatic rings. The van der Waals surface area contributed by atoms with Gasteiger partial charge in [-0.05, 0) is 44.5 Å². The maximum Gasteiger partial charge on any atom is 0.329 e. The Balaban J connectivity index is 2.89. The maximum atomic E-state index is 12.1. The summed E-state index contributed by atoms with van der Waals surface area (Å²) in [5.74, 6) is -1.42. The van der Waals surface area contributed by atoms with Gasteiger partial charge in [-0.15, -0.1) is 0 Å². The fourth-order valence-electron chi connectivity index (χ4n) is 1.87. The normalized spacial score (nSPS) is 11.1. The van der Waals surface area contributed by atoms with Gasteiger partial charge in [0.25, 0.3) is 0 Å². The van der Waals surface area contributed by atoms with Crippen LogP contribution in [0.5, 0.6) is 0 Å². The van der Waals surface area contributed by atoms with E-state index >= 15 is 0 Å². The Bertz CT molecular complexity index is 595. The largest absolute Gasteiger partial charge is 0.480 e. The molecule has 1 aromatic carbocycles. The van der Waals surface area contributed by atoms with Gasteiger partial charge in [-0.25, -0.2) is 4.79 Å². The van der Waals surface area contributed by atoms with Gasteiger partial charge in [0.2, 0.25) is 5.91 Å². The minimum atomic E-state index is -1.26. The lowest BCUT2D eigenvalue weighted by atomic mass is 10.0. The minimum absolute atomic E-state index is 0.301. The van der Waals surface area contributed by atoms with E-state index in [-0.39, 0.29) is 5.91 Å². The molecule has 0 spiro atoms. The number of benzene rings is 1. The molecule has 0 aliphatic heterocycles. The third kappa shape index (κ3) is 3.93. The molecule has 1 N–H and O–H groups in total. The molecule has 0 aliphatic carbocycles. The number of amides is 1. The van der Waals surface area contributed by atoms with Crippen LogP contribution in [0.2, 0.25) is 0 Å². The molecule has 0 aromatic heterocycles. The van der Waals surface area contributed by atoms with Crippen molar-refractivity contribution in [3.05, 3.63) is 41.5 Å². The molecule has 5 heteroatoms. The van der Waals surface area contributed by atoms with Crippen LogP contribution in [-0.2, 0) is 9.59 Å². The predicted octanol–water partition coefficient (Wildman–Crippen LogP) is 2.28. The van der Waals surface area contributed by atoms with Gasteiger partial charge in [0.05, 0.1) is 11.6 Å². The van der Waals surface area contributed by atoms with E-state index in [0.29, 0.717) is 12.1 Å². The molecule has 1 rings (SSSR count). The van der Waals surface area contributed by atoms with Crippen molar-refractivity contribution in [1.82, 2.24) is 4.90 Å². The number of hydrogen-bond acceptors (Lipinski definition) is 3. The van der Waals surface area contributed by atoms with Gasteiger partial charge in [-0.3, -0.25) is 4.79 Å². The average Bonchev–Trinajstić information content (AvgIpc) is 2.46. The van der Waals surface area contributed by atoms with Gasteiger partial charge >= 0.3 is 5.97 Å². The van der Waals surface area contributed by atoms with E-state index in [2.05, 4.69) is 0 Å². The summed E-state index contributed by atoms with van der Waals surface area (Å²) in [6.45, 7) is 5.02. The minimum Gasteiger partial charge on any atom is -0.480 e. The SMILES string of the molecule is CCN(C(=O)C=Cc1ccc(C#N)cc1)C(C)(C)C(=O)O. The van der Waals surface area contributed by atoms with E-state index in [1.807, 2.05) is 6.07 Å². The number of carbonyl (C=O) groups is 2. The van der Waals surface area contributed by atoms with Crippen LogP contribution in [0.1, 0.15) is 31.9 Å². The average molecular weight is 286 g/mol. The Morgan fingerprint density at radius 1 is 1.33 bits per heavy atom. The van der Waals surface area contributed by atoms with E-state index in [0.717, 1.165) is 5.56 Å². The first-order valence-corrected chi connectivity index (χ1v) is 6.56. The molecule has 110 valence electrons. The summed E-state index contributed by atoms with van der Waals surface area (Å²) in [6.07, 6.45) is 2.94. The van der Waals surface area contributed by atoms with Crippen molar-refractivity contribution in [3.63, 3.8) is 0 Å². The number of rotatable bonds is 5. The fraction of sp³-hybridized carbons (Fsp3) is 0.312. The van der Waals surface area contributed by atoms with Gasteiger partial charge in [0.1, 0.15) is 5.54 Å². The predicted molar refractivity (Wildman–Crippen MR) is 79.3 cm³/mol. The summed E-state index contributed by atoms with van der Waals surface area (Å²) in [6, 6.07) is 8.77. The fourth-order valence-corrected chi connectivity index (χ4v) is 1.87. The van der Waals surface area contributed by atoms with Crippen molar-refractivity contribution in [3.8, 4) is 6.07 Å². The molecule has 1 amide bonds. The third-order valence-corrected chi connectivity index (χ3v) is 3.24. The van der Waals surface area contributed by atoms with Crippen molar-refractivity contribution < 1.29 is 14.7 Å². The van der Waals surface area contributed by atoms with Crippen LogP contribution in [0, 0.1) is 11.3 Å². The van der Waals surface area contributed by atoms with Gasteiger partial charge < -0.3 is 10.0 Å². The topological polar surface area (TPSA) is 81.4 Å². The second-order valence-corrected chi connectivity index (χ2v) is 5.01. The highest BCUT2D eigenvalue weighted by Crippen LogP contribution is 2.15. The van der Waals surface area contributed by atoms with Crippen LogP contribution in [0.4, 0.5) is 0 Å². The summed E-state index contributed by atoms with van der Waals surface area (Å²) < 4.78 is 0. The highest BCUT2D eigenvalue weighted by Gasteiger charge is 2.35. The van der Waals surface area contributed by atoms with Gasteiger partial charge in [0, 0.05) is 12.6 Å². The molecule has 0 fully saturated rings. The van der Waals surface area contributed by atoms with E-state index in [1.165, 1.54) is 24.8 Å². The maximum absolute atomic E-state index is 12.1. The first-order chi connectivity index (χ1) is 9.82. The Morgan fingerprint density at radius 2 is 1.90 bits per heavy atom. The molecule has 0 heterocycles. The van der Waals surface area contributed by atoms with Crippen LogP contribution >= 0.6 is 0 Å². The van der Waals surface area contributed by atoms with E-state index in [4.69, 9.17) is 5.26 Å². The van der Waals surface area contributed by atoms with Crippen LogP contribution in [-0.4, -0.2) is 34.0 Å². The number of nitrogens with zero attached hydrogens (tertiary/aromatic N) is 2. The van der Waals surface area contributed by atoms with E-state index < -0.39 is 11.5 Å². The lowest BCUT2D eigenvalue weighted by molar-refractivity contribution is -0.154. The molecule has 21 heavy (non-hydrogen) atoms. The first-order valence-electron chi connectivity index (χ1n) is 6.56. The summed E-state index contributed by atoms with van der Waals surface area (Å²) in [7, 11) is 0. The molecule has 0 atom stereocenters. The zero-order valence-electron chi connectivity index (χ0n) is 12.3. The number of likely N-dealkylation sites (N-methyl/N-ethyl adjacent to an activating group) is 1. The zero-order valence-corrected chi connectivity index (χ0v) is 12.3. The monoisotopic (exact) mass is 286 g/mol. The lowest BCUT2D eigenvalue weighted by Crippen LogP contribution is -2.52. The summed E-state index contributed by atoms with van der Waals surface area (Å²) in [5, 5.41) is 17.9. The smallest absolute Gasteiger partial charge is 0.329 e. The molecule has 0 radical (unpaired) electrons. The molecule has 0 bridgehead atoms. The van der Waals surface area contributed by atoms with Gasteiger partial charge in [0.15, 0.2) is 0 Å². The Hall–Kier alpha value is -2.61. The molecular weight excluding hydrogens is 268 g/mol. The van der Waals surface area contributed by atoms with E-state index in [9.17, 15) is 14.7 Å². The summed E-state index contributed by atoms with van der Waals surface area (Å²) in [5.41, 5.74) is 0.0492. The highest BCUT2D eigenvalue weighted by atomic mass is 16.4. The molecule has 0 aliphatic rings. The molecule has 0 unspecified atom stereocenters. The second kappa shape index (κ2) is 6.71. The van der Waals surface area contributed by atoms with Crippen LogP contribution in [0.15, 0.2) is 30.3 Å². The van der Waals surface area contributed by atoms with Crippen LogP contribution in [0.25, 0.3) is 6.08 Å². The van der Waals surface area contributed by atoms with Crippen molar-refractivity contribution in [2.24, 2.45) is 0 Å². The summed E-state index contributed by atoms with van der Waals surface area (Å²) >= 11 is 0. The molecule has 5 nitrogen and oxygen atoms in total. The number of carboxylic acids is 1. The first kappa shape index (κ1) is 16.4. The Morgan fingerprint density at radius 3 is 2.33 bits per heavy atom. The number of aliphatic carboxylic acids is 1. The van der Waals surface area contributed by atoms with Crippen molar-refractivity contribution in [2.45, 2.75) is 26.3 Å². The highest BCUT2D eigenvalue weighted by molar-refractivity contribution is 5.95. The van der Waals surface area contributed by atoms with E-state index in [1.54, 1.807) is 37.3 Å². The second-order valence-electron chi connectivity index (χ2n) is 5.01. The third-order valence-electron chi connectivity index (χ3n) is 3.24. The summed E-state index contributed by atoms with van der Waals surface area (Å²) in [4.78, 5) is 24.7. The molecule has 0 saturated carbocycles. The lowest BCUT2D eigenvalue weighted by Gasteiger charge is -2.33. The molecule has 0 saturated heterocycles.